The number of nitrogens with one attached hydrogen (secondary N) is 1. The highest BCUT2D eigenvalue weighted by Gasteiger charge is 2.52. The van der Waals surface area contributed by atoms with Gasteiger partial charge in [0.05, 0.1) is 16.0 Å². The van der Waals surface area contributed by atoms with Crippen LogP contribution in [0.15, 0.2) is 30.5 Å². The molecule has 0 amide bonds. The molecule has 3 rings (SSSR count). The van der Waals surface area contributed by atoms with Crippen molar-refractivity contribution < 1.29 is 52.6 Å². The van der Waals surface area contributed by atoms with E-state index in [-0.39, 0.29) is 21.3 Å². The van der Waals surface area contributed by atoms with Crippen LogP contribution in [0, 0.1) is 10.1 Å². The maximum atomic E-state index is 12.9. The topological polar surface area (TPSA) is 200 Å². The van der Waals surface area contributed by atoms with E-state index in [1.807, 2.05) is 0 Å². The second-order valence-corrected chi connectivity index (χ2v) is 9.46. The second-order valence-electron chi connectivity index (χ2n) is 8.43. The van der Waals surface area contributed by atoms with Crippen LogP contribution in [-0.4, -0.2) is 76.8 Å². The zero-order valence-electron chi connectivity index (χ0n) is 21.7. The van der Waals surface area contributed by atoms with E-state index >= 15 is 0 Å². The molecule has 0 radical (unpaired) electrons. The van der Waals surface area contributed by atoms with Crippen molar-refractivity contribution in [1.82, 2.24) is 4.98 Å². The largest absolute Gasteiger partial charge is 0.463 e. The third-order valence-corrected chi connectivity index (χ3v) is 6.25. The summed E-state index contributed by atoms with van der Waals surface area (Å²) in [5.41, 5.74) is 0.0139. The highest BCUT2D eigenvalue weighted by atomic mass is 32.1. The van der Waals surface area contributed by atoms with Crippen LogP contribution in [0.25, 0.3) is 0 Å². The predicted octanol–water partition coefficient (Wildman–Crippen LogP) is 1.78. The number of benzene rings is 1. The van der Waals surface area contributed by atoms with E-state index in [9.17, 15) is 34.1 Å². The molecule has 1 aliphatic rings. The maximum Gasteiger partial charge on any atom is 0.303 e. The quantitative estimate of drug-likeness (QED) is 0.140. The monoisotopic (exact) mass is 579 g/mol. The van der Waals surface area contributed by atoms with Gasteiger partial charge in [0.2, 0.25) is 5.78 Å². The van der Waals surface area contributed by atoms with Crippen LogP contribution < -0.4 is 5.32 Å². The number of rotatable bonds is 10. The molecule has 0 unspecified atom stereocenters. The smallest absolute Gasteiger partial charge is 0.303 e. The average Bonchev–Trinajstić information content (AvgIpc) is 3.33. The number of aromatic nitrogens is 1. The van der Waals surface area contributed by atoms with E-state index in [1.54, 1.807) is 0 Å². The number of hydrogen-bond acceptors (Lipinski definition) is 15. The molecule has 1 N–H and O–H groups in total. The molecule has 0 aliphatic carbocycles. The Hall–Kier alpha value is -4.44. The molecule has 1 aromatic heterocycles. The number of nitro groups is 1. The predicted molar refractivity (Wildman–Crippen MR) is 134 cm³/mol. The van der Waals surface area contributed by atoms with Gasteiger partial charge in [0.15, 0.2) is 29.7 Å². The lowest BCUT2D eigenvalue weighted by molar-refractivity contribution is -0.384. The molecule has 1 aliphatic heterocycles. The Morgan fingerprint density at radius 2 is 1.50 bits per heavy atom. The number of anilines is 1. The number of hydrogen-bond donors (Lipinski definition) is 1. The number of esters is 4. The van der Waals surface area contributed by atoms with Gasteiger partial charge in [-0.25, -0.2) is 4.98 Å². The number of ether oxygens (including phenoxy) is 5. The molecule has 1 saturated heterocycles. The number of ketones is 1. The Kier molecular flexibility index (Phi) is 9.84. The first kappa shape index (κ1) is 30.1. The van der Waals surface area contributed by atoms with Gasteiger partial charge in [-0.2, -0.15) is 0 Å². The van der Waals surface area contributed by atoms with Gasteiger partial charge < -0.3 is 29.0 Å². The molecular weight excluding hydrogens is 554 g/mol. The van der Waals surface area contributed by atoms with Crippen molar-refractivity contribution in [3.8, 4) is 0 Å². The summed E-state index contributed by atoms with van der Waals surface area (Å²) in [4.78, 5) is 74.7. The summed E-state index contributed by atoms with van der Waals surface area (Å²) in [5.74, 6) is -3.43. The summed E-state index contributed by atoms with van der Waals surface area (Å²) < 4.78 is 27.1. The molecule has 1 aromatic carbocycles. The fourth-order valence-electron chi connectivity index (χ4n) is 3.79. The zero-order chi connectivity index (χ0) is 29.6. The van der Waals surface area contributed by atoms with Gasteiger partial charge in [-0.15, -0.1) is 0 Å². The molecule has 0 bridgehead atoms. The SMILES string of the molecule is CC(=O)OC[C@H]1O[C@H](Nc2ncc(C(=O)c3ccc([N+](=O)[O-])cc3)s2)[C@@H](OC(C)=O)[C@@H](OC(C)=O)[C@@H]1OC(C)=O. The molecule has 0 spiro atoms. The third-order valence-electron chi connectivity index (χ3n) is 5.33. The number of non-ortho nitro benzene ring substituents is 1. The minimum absolute atomic E-state index is 0.131. The van der Waals surface area contributed by atoms with Crippen LogP contribution in [0.1, 0.15) is 42.9 Å². The number of carbonyl (C=O) groups excluding carboxylic acids is 5. The van der Waals surface area contributed by atoms with Crippen molar-refractivity contribution in [3.63, 3.8) is 0 Å². The molecule has 2 heterocycles. The van der Waals surface area contributed by atoms with Crippen molar-refractivity contribution in [2.45, 2.75) is 58.3 Å². The molecular formula is C24H25N3O12S. The number of carbonyl (C=O) groups is 5. The van der Waals surface area contributed by atoms with Crippen LogP contribution in [0.4, 0.5) is 10.8 Å². The molecule has 1 fully saturated rings. The van der Waals surface area contributed by atoms with E-state index in [4.69, 9.17) is 23.7 Å². The van der Waals surface area contributed by atoms with Crippen LogP contribution in [-0.2, 0) is 42.9 Å². The molecule has 16 heteroatoms. The molecule has 5 atom stereocenters. The van der Waals surface area contributed by atoms with Gasteiger partial charge in [-0.3, -0.25) is 34.1 Å². The Morgan fingerprint density at radius 1 is 0.925 bits per heavy atom. The zero-order valence-corrected chi connectivity index (χ0v) is 22.5. The Morgan fingerprint density at radius 3 is 2.05 bits per heavy atom. The van der Waals surface area contributed by atoms with Crippen molar-refractivity contribution in [3.05, 3.63) is 51.0 Å². The first-order valence-electron chi connectivity index (χ1n) is 11.7. The van der Waals surface area contributed by atoms with Gasteiger partial charge in [0.1, 0.15) is 12.7 Å². The van der Waals surface area contributed by atoms with Crippen LogP contribution in [0.5, 0.6) is 0 Å². The molecule has 2 aromatic rings. The summed E-state index contributed by atoms with van der Waals surface area (Å²) in [5, 5.41) is 13.9. The third kappa shape index (κ3) is 7.79. The standard InChI is InChI=1S/C24H25N3O12S/c1-11(28)35-10-17-20(36-12(2)29)21(37-13(3)30)22(38-14(4)31)23(39-17)26-24-25-9-18(40-24)19(32)15-5-7-16(8-6-15)27(33)34/h5-9,17,20-23H,10H2,1-4H3,(H,25,26)/t17-,20-,21+,22+,23+/m1/s1. The van der Waals surface area contributed by atoms with E-state index in [0.29, 0.717) is 0 Å². The second kappa shape index (κ2) is 13.1. The van der Waals surface area contributed by atoms with E-state index < -0.39 is 71.8 Å². The van der Waals surface area contributed by atoms with Crippen molar-refractivity contribution in [2.24, 2.45) is 0 Å². The Bertz CT molecular complexity index is 1290. The Balaban J connectivity index is 1.91. The van der Waals surface area contributed by atoms with Crippen molar-refractivity contribution in [2.75, 3.05) is 11.9 Å². The first-order valence-corrected chi connectivity index (χ1v) is 12.5. The van der Waals surface area contributed by atoms with Gasteiger partial charge in [-0.05, 0) is 12.1 Å². The minimum Gasteiger partial charge on any atom is -0.463 e. The van der Waals surface area contributed by atoms with Gasteiger partial charge in [0.25, 0.3) is 5.69 Å². The van der Waals surface area contributed by atoms with E-state index in [1.165, 1.54) is 30.5 Å². The molecule has 0 saturated carbocycles. The maximum absolute atomic E-state index is 12.9. The lowest BCUT2D eigenvalue weighted by atomic mass is 9.97. The van der Waals surface area contributed by atoms with Crippen molar-refractivity contribution >= 4 is 51.8 Å². The lowest BCUT2D eigenvalue weighted by Gasteiger charge is -2.44. The summed E-state index contributed by atoms with van der Waals surface area (Å²) in [7, 11) is 0. The number of nitro benzene ring substituents is 1. The van der Waals surface area contributed by atoms with Crippen LogP contribution >= 0.6 is 11.3 Å². The van der Waals surface area contributed by atoms with Gasteiger partial charge in [-0.1, -0.05) is 11.3 Å². The summed E-state index contributed by atoms with van der Waals surface area (Å²) >= 11 is 0.902. The normalized spacial score (nSPS) is 21.9. The lowest BCUT2D eigenvalue weighted by Crippen LogP contribution is -2.64. The van der Waals surface area contributed by atoms with Gasteiger partial charge >= 0.3 is 23.9 Å². The molecule has 15 nitrogen and oxygen atoms in total. The molecule has 214 valence electrons. The molecule has 40 heavy (non-hydrogen) atoms. The van der Waals surface area contributed by atoms with Crippen LogP contribution in [0.3, 0.4) is 0 Å². The van der Waals surface area contributed by atoms with Gasteiger partial charge in [0, 0.05) is 45.4 Å². The van der Waals surface area contributed by atoms with Crippen molar-refractivity contribution in [1.29, 1.82) is 0 Å². The number of thiazole rings is 1. The highest BCUT2D eigenvalue weighted by molar-refractivity contribution is 7.17. The minimum atomic E-state index is -1.38. The summed E-state index contributed by atoms with van der Waals surface area (Å²) in [6.07, 6.45) is -5.23. The fraction of sp³-hybridized carbons (Fsp3) is 0.417. The average molecular weight is 580 g/mol. The van der Waals surface area contributed by atoms with E-state index in [2.05, 4.69) is 10.3 Å². The fourth-order valence-corrected chi connectivity index (χ4v) is 4.59. The first-order chi connectivity index (χ1) is 18.8. The Labute approximate surface area is 230 Å². The number of nitrogens with zero attached hydrogens (tertiary/aromatic N) is 2. The summed E-state index contributed by atoms with van der Waals surface area (Å²) in [6, 6.07) is 5.02. The van der Waals surface area contributed by atoms with Crippen LogP contribution in [0.2, 0.25) is 0 Å². The summed E-state index contributed by atoms with van der Waals surface area (Å²) in [6.45, 7) is 4.07. The van der Waals surface area contributed by atoms with E-state index in [0.717, 1.165) is 39.0 Å². The highest BCUT2D eigenvalue weighted by Crippen LogP contribution is 2.31.